The van der Waals surface area contributed by atoms with Gasteiger partial charge < -0.3 is 10.2 Å². The maximum atomic E-state index is 13.8. The zero-order valence-corrected chi connectivity index (χ0v) is 21.7. The Hall–Kier alpha value is -3.65. The van der Waals surface area contributed by atoms with Crippen LogP contribution < -0.4 is 9.62 Å². The quantitative estimate of drug-likeness (QED) is 0.421. The molecule has 0 aliphatic carbocycles. The summed E-state index contributed by atoms with van der Waals surface area (Å²) in [5, 5.41) is 2.89. The topological polar surface area (TPSA) is 86.8 Å². The van der Waals surface area contributed by atoms with E-state index < -0.39 is 28.5 Å². The van der Waals surface area contributed by atoms with Gasteiger partial charge in [-0.2, -0.15) is 0 Å². The van der Waals surface area contributed by atoms with Crippen molar-refractivity contribution in [2.24, 2.45) is 0 Å². The number of sulfonamides is 1. The molecule has 0 heterocycles. The van der Waals surface area contributed by atoms with Gasteiger partial charge in [-0.3, -0.25) is 13.9 Å². The molecule has 8 heteroatoms. The van der Waals surface area contributed by atoms with Gasteiger partial charge in [-0.25, -0.2) is 8.42 Å². The van der Waals surface area contributed by atoms with Crippen molar-refractivity contribution in [2.75, 3.05) is 10.8 Å². The van der Waals surface area contributed by atoms with Gasteiger partial charge in [-0.1, -0.05) is 73.7 Å². The second kappa shape index (κ2) is 12.4. The predicted molar refractivity (Wildman–Crippen MR) is 142 cm³/mol. The highest BCUT2D eigenvalue weighted by Crippen LogP contribution is 2.24. The summed E-state index contributed by atoms with van der Waals surface area (Å²) in [6.07, 6.45) is 0.383. The van der Waals surface area contributed by atoms with E-state index in [2.05, 4.69) is 5.32 Å². The second-order valence-electron chi connectivity index (χ2n) is 8.75. The normalized spacial score (nSPS) is 12.1. The third-order valence-electron chi connectivity index (χ3n) is 5.67. The van der Waals surface area contributed by atoms with E-state index in [1.54, 1.807) is 48.5 Å². The second-order valence-corrected chi connectivity index (χ2v) is 10.6. The average Bonchev–Trinajstić information content (AvgIpc) is 2.88. The monoisotopic (exact) mass is 507 g/mol. The first kappa shape index (κ1) is 26.9. The van der Waals surface area contributed by atoms with Crippen LogP contribution in [0.1, 0.15) is 32.8 Å². The number of nitrogens with one attached hydrogen (secondary N) is 1. The first-order valence-corrected chi connectivity index (χ1v) is 13.4. The van der Waals surface area contributed by atoms with Gasteiger partial charge in [0, 0.05) is 12.6 Å². The molecule has 0 spiro atoms. The summed E-state index contributed by atoms with van der Waals surface area (Å²) in [5.41, 5.74) is 1.22. The van der Waals surface area contributed by atoms with Gasteiger partial charge in [-0.15, -0.1) is 0 Å². The van der Waals surface area contributed by atoms with E-state index in [0.29, 0.717) is 12.1 Å². The van der Waals surface area contributed by atoms with Crippen molar-refractivity contribution >= 4 is 27.5 Å². The summed E-state index contributed by atoms with van der Waals surface area (Å²) in [7, 11) is -4.04. The number of rotatable bonds is 11. The Labute approximate surface area is 213 Å². The molecule has 1 atom stereocenters. The maximum Gasteiger partial charge on any atom is 0.264 e. The van der Waals surface area contributed by atoms with Crippen LogP contribution in [0.15, 0.2) is 95.9 Å². The van der Waals surface area contributed by atoms with E-state index in [9.17, 15) is 18.0 Å². The molecular weight excluding hydrogens is 474 g/mol. The molecule has 7 nitrogen and oxygen atoms in total. The van der Waals surface area contributed by atoms with E-state index >= 15 is 0 Å². The zero-order chi connectivity index (χ0) is 26.1. The number of anilines is 1. The Kier molecular flexibility index (Phi) is 9.25. The number of hydrogen-bond donors (Lipinski definition) is 1. The van der Waals surface area contributed by atoms with Crippen LogP contribution in [0.2, 0.25) is 0 Å². The van der Waals surface area contributed by atoms with Gasteiger partial charge in [0.15, 0.2) is 0 Å². The standard InChI is InChI=1S/C28H33N3O4S/c1-4-26(28(33)29-22(2)3)30(20-23-14-8-5-9-15-23)27(32)21-31(24-16-10-6-11-17-24)36(34,35)25-18-12-7-13-19-25/h5-19,22,26H,4,20-21H2,1-3H3,(H,29,33)/t26-/m1/s1. The molecule has 3 rings (SSSR count). The Morgan fingerprint density at radius 1 is 0.833 bits per heavy atom. The summed E-state index contributed by atoms with van der Waals surface area (Å²) in [6.45, 7) is 5.29. The van der Waals surface area contributed by atoms with Crippen LogP contribution in [0.4, 0.5) is 5.69 Å². The van der Waals surface area contributed by atoms with Crippen LogP contribution in [0.5, 0.6) is 0 Å². The van der Waals surface area contributed by atoms with E-state index in [-0.39, 0.29) is 23.4 Å². The van der Waals surface area contributed by atoms with Crippen LogP contribution in [0.3, 0.4) is 0 Å². The minimum Gasteiger partial charge on any atom is -0.352 e. The fourth-order valence-corrected chi connectivity index (χ4v) is 5.36. The number of nitrogens with zero attached hydrogens (tertiary/aromatic N) is 2. The lowest BCUT2D eigenvalue weighted by Gasteiger charge is -2.33. The largest absolute Gasteiger partial charge is 0.352 e. The van der Waals surface area contributed by atoms with E-state index in [1.807, 2.05) is 51.1 Å². The number of benzene rings is 3. The van der Waals surface area contributed by atoms with Gasteiger partial charge in [0.2, 0.25) is 11.8 Å². The number of carbonyl (C=O) groups excluding carboxylic acids is 2. The summed E-state index contributed by atoms with van der Waals surface area (Å²) in [5.74, 6) is -0.734. The van der Waals surface area contributed by atoms with Crippen molar-refractivity contribution in [1.29, 1.82) is 0 Å². The molecule has 0 saturated heterocycles. The Morgan fingerprint density at radius 3 is 1.89 bits per heavy atom. The van der Waals surface area contributed by atoms with Gasteiger partial charge >= 0.3 is 0 Å². The van der Waals surface area contributed by atoms with Gasteiger partial charge in [-0.05, 0) is 50.1 Å². The highest BCUT2D eigenvalue weighted by Gasteiger charge is 2.33. The Morgan fingerprint density at radius 2 is 1.36 bits per heavy atom. The van der Waals surface area contributed by atoms with E-state index in [1.165, 1.54) is 17.0 Å². The molecule has 0 unspecified atom stereocenters. The molecule has 0 saturated carbocycles. The van der Waals surface area contributed by atoms with Crippen LogP contribution in [0, 0.1) is 0 Å². The highest BCUT2D eigenvalue weighted by atomic mass is 32.2. The van der Waals surface area contributed by atoms with Gasteiger partial charge in [0.05, 0.1) is 10.6 Å². The molecule has 0 aromatic heterocycles. The number of hydrogen-bond acceptors (Lipinski definition) is 4. The summed E-state index contributed by atoms with van der Waals surface area (Å²) in [4.78, 5) is 28.5. The Bertz CT molecular complexity index is 1230. The molecule has 0 aliphatic heterocycles. The lowest BCUT2D eigenvalue weighted by atomic mass is 10.1. The van der Waals surface area contributed by atoms with Crippen molar-refractivity contribution in [3.63, 3.8) is 0 Å². The minimum atomic E-state index is -4.04. The van der Waals surface area contributed by atoms with Crippen LogP contribution in [0.25, 0.3) is 0 Å². The molecule has 1 N–H and O–H groups in total. The third-order valence-corrected chi connectivity index (χ3v) is 7.45. The van der Waals surface area contributed by atoms with Crippen molar-refractivity contribution in [3.05, 3.63) is 96.6 Å². The van der Waals surface area contributed by atoms with Gasteiger partial charge in [0.1, 0.15) is 12.6 Å². The smallest absolute Gasteiger partial charge is 0.264 e. The summed E-state index contributed by atoms with van der Waals surface area (Å²) in [6, 6.07) is 25.1. The lowest BCUT2D eigenvalue weighted by Crippen LogP contribution is -2.53. The van der Waals surface area contributed by atoms with Crippen molar-refractivity contribution in [3.8, 4) is 0 Å². The number of carbonyl (C=O) groups is 2. The molecule has 3 aromatic rings. The maximum absolute atomic E-state index is 13.8. The number of amides is 2. The molecule has 0 bridgehead atoms. The van der Waals surface area contributed by atoms with Crippen molar-refractivity contribution in [1.82, 2.24) is 10.2 Å². The predicted octanol–water partition coefficient (Wildman–Crippen LogP) is 4.21. The molecule has 3 aromatic carbocycles. The Balaban J connectivity index is 2.01. The summed E-state index contributed by atoms with van der Waals surface area (Å²) >= 11 is 0. The van der Waals surface area contributed by atoms with Crippen molar-refractivity contribution in [2.45, 2.75) is 50.7 Å². The highest BCUT2D eigenvalue weighted by molar-refractivity contribution is 7.92. The van der Waals surface area contributed by atoms with Crippen LogP contribution in [-0.4, -0.2) is 43.8 Å². The third kappa shape index (κ3) is 6.73. The molecule has 0 fully saturated rings. The molecule has 0 radical (unpaired) electrons. The SMILES string of the molecule is CC[C@H](C(=O)NC(C)C)N(Cc1ccccc1)C(=O)CN(c1ccccc1)S(=O)(=O)c1ccccc1. The minimum absolute atomic E-state index is 0.0841. The van der Waals surface area contributed by atoms with E-state index in [0.717, 1.165) is 9.87 Å². The van der Waals surface area contributed by atoms with Crippen molar-refractivity contribution < 1.29 is 18.0 Å². The average molecular weight is 508 g/mol. The fourth-order valence-electron chi connectivity index (χ4n) is 3.92. The molecule has 0 aliphatic rings. The molecule has 36 heavy (non-hydrogen) atoms. The molecule has 2 amide bonds. The zero-order valence-electron chi connectivity index (χ0n) is 20.9. The lowest BCUT2D eigenvalue weighted by molar-refractivity contribution is -0.140. The summed E-state index contributed by atoms with van der Waals surface area (Å²) < 4.78 is 28.4. The molecular formula is C28H33N3O4S. The van der Waals surface area contributed by atoms with Crippen LogP contribution in [-0.2, 0) is 26.2 Å². The number of para-hydroxylation sites is 1. The van der Waals surface area contributed by atoms with Gasteiger partial charge in [0.25, 0.3) is 10.0 Å². The molecule has 190 valence electrons. The first-order chi connectivity index (χ1) is 17.2. The first-order valence-electron chi connectivity index (χ1n) is 12.0. The van der Waals surface area contributed by atoms with E-state index in [4.69, 9.17) is 0 Å². The fraction of sp³-hybridized carbons (Fsp3) is 0.286. The van der Waals surface area contributed by atoms with Crippen LogP contribution >= 0.6 is 0 Å².